The first kappa shape index (κ1) is 14.9. The van der Waals surface area contributed by atoms with Crippen LogP contribution in [0.15, 0.2) is 30.5 Å². The number of carbonyl (C=O) groups excluding carboxylic acids is 1. The van der Waals surface area contributed by atoms with Crippen molar-refractivity contribution in [2.24, 2.45) is 5.73 Å². The maximum atomic E-state index is 11.6. The molecule has 0 spiro atoms. The van der Waals surface area contributed by atoms with E-state index >= 15 is 0 Å². The molecule has 3 aromatic rings. The number of hydrogen-bond donors (Lipinski definition) is 2. The number of benzene rings is 1. The van der Waals surface area contributed by atoms with Gasteiger partial charge in [-0.25, -0.2) is 9.48 Å². The van der Waals surface area contributed by atoms with Crippen LogP contribution >= 0.6 is 0 Å². The van der Waals surface area contributed by atoms with Gasteiger partial charge in [-0.15, -0.1) is 5.10 Å². The molecule has 3 N–H and O–H groups in total. The highest BCUT2D eigenvalue weighted by molar-refractivity contribution is 5.95. The molecule has 1 saturated carbocycles. The molecule has 0 bridgehead atoms. The lowest BCUT2D eigenvalue weighted by atomic mass is 10.1. The normalized spacial score (nSPS) is 20.6. The molecule has 7 nitrogen and oxygen atoms in total. The first-order valence-electron chi connectivity index (χ1n) is 8.04. The lowest BCUT2D eigenvalue weighted by Crippen LogP contribution is -2.27. The zero-order chi connectivity index (χ0) is 16.7. The topological polar surface area (TPSA) is 98.8 Å². The van der Waals surface area contributed by atoms with E-state index < -0.39 is 0 Å². The summed E-state index contributed by atoms with van der Waals surface area (Å²) in [6.45, 7) is 0. The maximum absolute atomic E-state index is 11.6. The van der Waals surface area contributed by atoms with Crippen LogP contribution in [0.4, 0.5) is 0 Å². The maximum Gasteiger partial charge on any atom is 0.354 e. The van der Waals surface area contributed by atoms with Crippen LogP contribution in [0, 0.1) is 0 Å². The Morgan fingerprint density at radius 2 is 2.25 bits per heavy atom. The van der Waals surface area contributed by atoms with Gasteiger partial charge in [-0.2, -0.15) is 0 Å². The summed E-state index contributed by atoms with van der Waals surface area (Å²) in [4.78, 5) is 14.7. The van der Waals surface area contributed by atoms with Crippen LogP contribution in [0.1, 0.15) is 35.8 Å². The van der Waals surface area contributed by atoms with Crippen LogP contribution < -0.4 is 5.73 Å². The minimum Gasteiger partial charge on any atom is -0.464 e. The van der Waals surface area contributed by atoms with Crippen molar-refractivity contribution in [1.82, 2.24) is 20.0 Å². The van der Waals surface area contributed by atoms with Crippen LogP contribution in [0.3, 0.4) is 0 Å². The predicted molar refractivity (Wildman–Crippen MR) is 89.5 cm³/mol. The number of nitrogens with zero attached hydrogens (tertiary/aromatic N) is 3. The first-order chi connectivity index (χ1) is 11.7. The number of fused-ring (bicyclic) bond motifs is 1. The third-order valence-electron chi connectivity index (χ3n) is 4.71. The molecule has 1 aliphatic rings. The van der Waals surface area contributed by atoms with E-state index in [1.807, 2.05) is 29.1 Å². The van der Waals surface area contributed by atoms with E-state index in [9.17, 15) is 4.79 Å². The Balaban J connectivity index is 1.66. The number of nitrogens with one attached hydrogen (secondary N) is 1. The molecule has 2 atom stereocenters. The van der Waals surface area contributed by atoms with E-state index in [1.165, 1.54) is 7.11 Å². The molecular formula is C17H19N5O2. The monoisotopic (exact) mass is 325 g/mol. The van der Waals surface area contributed by atoms with E-state index in [0.29, 0.717) is 5.69 Å². The van der Waals surface area contributed by atoms with Gasteiger partial charge in [0.15, 0.2) is 0 Å². The Labute approximate surface area is 138 Å². The SMILES string of the molecule is COC(=O)c1cc2ccc(-c3cn([C@@H]4CCC[C@@H]4N)nn3)cc2[nH]1. The summed E-state index contributed by atoms with van der Waals surface area (Å²) in [6.07, 6.45) is 5.15. The van der Waals surface area contributed by atoms with Crippen molar-refractivity contribution in [2.45, 2.75) is 31.3 Å². The van der Waals surface area contributed by atoms with Crippen molar-refractivity contribution < 1.29 is 9.53 Å². The van der Waals surface area contributed by atoms with E-state index in [4.69, 9.17) is 10.5 Å². The average Bonchev–Trinajstić information content (AvgIpc) is 3.31. The smallest absolute Gasteiger partial charge is 0.354 e. The second kappa shape index (κ2) is 5.76. The number of nitrogens with two attached hydrogens (primary N) is 1. The fraction of sp³-hybridized carbons (Fsp3) is 0.353. The Morgan fingerprint density at radius 1 is 1.38 bits per heavy atom. The highest BCUT2D eigenvalue weighted by Crippen LogP contribution is 2.29. The minimum absolute atomic E-state index is 0.146. The first-order valence-corrected chi connectivity index (χ1v) is 8.04. The second-order valence-corrected chi connectivity index (χ2v) is 6.22. The van der Waals surface area contributed by atoms with E-state index in [-0.39, 0.29) is 18.1 Å². The fourth-order valence-corrected chi connectivity index (χ4v) is 3.37. The Hall–Kier alpha value is -2.67. The van der Waals surface area contributed by atoms with Crippen LogP contribution in [0.2, 0.25) is 0 Å². The quantitative estimate of drug-likeness (QED) is 0.720. The van der Waals surface area contributed by atoms with Crippen molar-refractivity contribution in [2.75, 3.05) is 7.11 Å². The molecule has 124 valence electrons. The summed E-state index contributed by atoms with van der Waals surface area (Å²) in [7, 11) is 1.37. The molecular weight excluding hydrogens is 306 g/mol. The zero-order valence-electron chi connectivity index (χ0n) is 13.4. The van der Waals surface area contributed by atoms with Crippen molar-refractivity contribution in [1.29, 1.82) is 0 Å². The largest absolute Gasteiger partial charge is 0.464 e. The van der Waals surface area contributed by atoms with Crippen LogP contribution in [-0.2, 0) is 4.74 Å². The van der Waals surface area contributed by atoms with Crippen molar-refractivity contribution in [3.05, 3.63) is 36.2 Å². The summed E-state index contributed by atoms with van der Waals surface area (Å²) in [6, 6.07) is 8.04. The van der Waals surface area contributed by atoms with Gasteiger partial charge < -0.3 is 15.5 Å². The summed E-state index contributed by atoms with van der Waals surface area (Å²) >= 11 is 0. The van der Waals surface area contributed by atoms with Gasteiger partial charge in [0.05, 0.1) is 19.3 Å². The molecule has 0 saturated heterocycles. The van der Waals surface area contributed by atoms with Crippen molar-refractivity contribution in [3.63, 3.8) is 0 Å². The molecule has 7 heteroatoms. The number of esters is 1. The lowest BCUT2D eigenvalue weighted by Gasteiger charge is -2.14. The highest BCUT2D eigenvalue weighted by atomic mass is 16.5. The molecule has 1 aliphatic carbocycles. The molecule has 0 unspecified atom stereocenters. The number of carbonyl (C=O) groups is 1. The fourth-order valence-electron chi connectivity index (χ4n) is 3.37. The van der Waals surface area contributed by atoms with Crippen molar-refractivity contribution in [3.8, 4) is 11.3 Å². The Kier molecular flexibility index (Phi) is 3.57. The number of aromatic amines is 1. The van der Waals surface area contributed by atoms with E-state index in [1.54, 1.807) is 6.07 Å². The molecule has 2 aromatic heterocycles. The van der Waals surface area contributed by atoms with Gasteiger partial charge in [-0.1, -0.05) is 17.3 Å². The van der Waals surface area contributed by atoms with Crippen LogP contribution in [0.5, 0.6) is 0 Å². The summed E-state index contributed by atoms with van der Waals surface area (Å²) in [5.74, 6) is -0.381. The van der Waals surface area contributed by atoms with Gasteiger partial charge in [0.25, 0.3) is 0 Å². The number of aromatic nitrogens is 4. The molecule has 4 rings (SSSR count). The Bertz CT molecular complexity index is 897. The van der Waals surface area contributed by atoms with Gasteiger partial charge >= 0.3 is 5.97 Å². The highest BCUT2D eigenvalue weighted by Gasteiger charge is 2.26. The molecule has 1 aromatic carbocycles. The molecule has 0 amide bonds. The Morgan fingerprint density at radius 3 is 3.00 bits per heavy atom. The number of methoxy groups -OCH3 is 1. The van der Waals surface area contributed by atoms with Gasteiger partial charge in [-0.05, 0) is 31.4 Å². The number of H-pyrrole nitrogens is 1. The van der Waals surface area contributed by atoms with E-state index in [2.05, 4.69) is 15.3 Å². The standard InChI is InChI=1S/C17H19N5O2/c1-24-17(23)14-8-10-5-6-11(7-13(10)19-14)15-9-22(21-20-15)16-4-2-3-12(16)18/h5-9,12,16,19H,2-4,18H2,1H3/t12-,16+/m0/s1. The number of ether oxygens (including phenoxy) is 1. The zero-order valence-corrected chi connectivity index (χ0v) is 13.4. The number of hydrogen-bond acceptors (Lipinski definition) is 5. The van der Waals surface area contributed by atoms with E-state index in [0.717, 1.165) is 41.4 Å². The summed E-state index contributed by atoms with van der Waals surface area (Å²) in [5.41, 5.74) is 9.18. The third-order valence-corrected chi connectivity index (χ3v) is 4.71. The second-order valence-electron chi connectivity index (χ2n) is 6.22. The summed E-state index contributed by atoms with van der Waals surface area (Å²) < 4.78 is 6.62. The van der Waals surface area contributed by atoms with Crippen molar-refractivity contribution >= 4 is 16.9 Å². The summed E-state index contributed by atoms with van der Waals surface area (Å²) in [5, 5.41) is 9.48. The predicted octanol–water partition coefficient (Wildman–Crippen LogP) is 2.27. The molecule has 24 heavy (non-hydrogen) atoms. The average molecular weight is 325 g/mol. The molecule has 2 heterocycles. The lowest BCUT2D eigenvalue weighted by molar-refractivity contribution is 0.0595. The van der Waals surface area contributed by atoms with Crippen LogP contribution in [-0.4, -0.2) is 39.1 Å². The van der Waals surface area contributed by atoms with Gasteiger partial charge in [0, 0.05) is 22.5 Å². The third kappa shape index (κ3) is 2.46. The van der Waals surface area contributed by atoms with Crippen LogP contribution in [0.25, 0.3) is 22.2 Å². The van der Waals surface area contributed by atoms with Gasteiger partial charge in [-0.3, -0.25) is 0 Å². The molecule has 1 fully saturated rings. The van der Waals surface area contributed by atoms with Gasteiger partial charge in [0.2, 0.25) is 0 Å². The number of rotatable bonds is 3. The minimum atomic E-state index is -0.381. The van der Waals surface area contributed by atoms with Gasteiger partial charge in [0.1, 0.15) is 11.4 Å². The molecule has 0 radical (unpaired) electrons. The molecule has 0 aliphatic heterocycles.